The Morgan fingerprint density at radius 2 is 1.95 bits per heavy atom. The summed E-state index contributed by atoms with van der Waals surface area (Å²) in [5.41, 5.74) is 0. The molecular formula is C13H14BrNO3S. The van der Waals surface area contributed by atoms with E-state index in [9.17, 15) is 8.42 Å². The molecule has 4 nitrogen and oxygen atoms in total. The van der Waals surface area contributed by atoms with Crippen molar-refractivity contribution in [3.63, 3.8) is 0 Å². The Balaban J connectivity index is 2.34. The Morgan fingerprint density at radius 3 is 2.53 bits per heavy atom. The van der Waals surface area contributed by atoms with Crippen LogP contribution >= 0.6 is 15.9 Å². The van der Waals surface area contributed by atoms with Crippen molar-refractivity contribution in [3.05, 3.63) is 52.9 Å². The lowest BCUT2D eigenvalue weighted by Crippen LogP contribution is -2.30. The minimum absolute atomic E-state index is 0.229. The van der Waals surface area contributed by atoms with E-state index in [1.54, 1.807) is 43.3 Å². The maximum Gasteiger partial charge on any atom is 0.244 e. The van der Waals surface area contributed by atoms with Crippen LogP contribution in [0.5, 0.6) is 0 Å². The number of halogens is 1. The summed E-state index contributed by atoms with van der Waals surface area (Å²) in [6, 6.07) is 10.3. The molecule has 2 rings (SSSR count). The molecule has 0 fully saturated rings. The minimum Gasteiger partial charge on any atom is -0.468 e. The second-order valence-electron chi connectivity index (χ2n) is 3.94. The Labute approximate surface area is 121 Å². The maximum absolute atomic E-state index is 12.6. The Morgan fingerprint density at radius 1 is 1.21 bits per heavy atom. The van der Waals surface area contributed by atoms with Crippen molar-refractivity contribution in [1.29, 1.82) is 0 Å². The molecule has 0 saturated heterocycles. The molecule has 102 valence electrons. The molecule has 0 aliphatic heterocycles. The Bertz CT molecular complexity index is 638. The predicted octanol–water partition coefficient (Wildman–Crippen LogP) is 3.25. The van der Waals surface area contributed by atoms with Gasteiger partial charge in [0.05, 0.1) is 17.7 Å². The number of nitrogens with zero attached hydrogens (tertiary/aromatic N) is 1. The fourth-order valence-electron chi connectivity index (χ4n) is 1.74. The van der Waals surface area contributed by atoms with Crippen molar-refractivity contribution < 1.29 is 12.8 Å². The van der Waals surface area contributed by atoms with Gasteiger partial charge in [0.25, 0.3) is 0 Å². The topological polar surface area (TPSA) is 50.5 Å². The molecule has 19 heavy (non-hydrogen) atoms. The lowest BCUT2D eigenvalue weighted by molar-refractivity contribution is 0.375. The van der Waals surface area contributed by atoms with Gasteiger partial charge in [0.2, 0.25) is 10.0 Å². The highest BCUT2D eigenvalue weighted by atomic mass is 79.9. The smallest absolute Gasteiger partial charge is 0.244 e. The first-order chi connectivity index (χ1) is 9.05. The average molecular weight is 344 g/mol. The number of sulfonamides is 1. The molecule has 0 aliphatic carbocycles. The molecule has 0 unspecified atom stereocenters. The first kappa shape index (κ1) is 14.3. The molecule has 0 spiro atoms. The van der Waals surface area contributed by atoms with E-state index in [4.69, 9.17) is 4.42 Å². The van der Waals surface area contributed by atoms with E-state index in [1.165, 1.54) is 10.6 Å². The van der Waals surface area contributed by atoms with Gasteiger partial charge in [-0.25, -0.2) is 8.42 Å². The zero-order valence-corrected chi connectivity index (χ0v) is 12.8. The average Bonchev–Trinajstić information content (AvgIpc) is 2.89. The highest BCUT2D eigenvalue weighted by Gasteiger charge is 2.25. The van der Waals surface area contributed by atoms with E-state index in [1.807, 2.05) is 0 Å². The van der Waals surface area contributed by atoms with Crippen LogP contribution in [0.4, 0.5) is 0 Å². The van der Waals surface area contributed by atoms with Gasteiger partial charge in [-0.05, 0) is 40.2 Å². The molecule has 0 aliphatic rings. The SMILES string of the molecule is CCN(Cc1ccco1)S(=O)(=O)c1ccccc1Br. The van der Waals surface area contributed by atoms with Gasteiger partial charge in [-0.2, -0.15) is 4.31 Å². The van der Waals surface area contributed by atoms with Crippen LogP contribution in [0.2, 0.25) is 0 Å². The van der Waals surface area contributed by atoms with Crippen molar-refractivity contribution in [2.75, 3.05) is 6.54 Å². The quantitative estimate of drug-likeness (QED) is 0.837. The van der Waals surface area contributed by atoms with Crippen LogP contribution in [0.15, 0.2) is 56.4 Å². The molecule has 1 aromatic heterocycles. The maximum atomic E-state index is 12.6. The predicted molar refractivity (Wildman–Crippen MR) is 76.1 cm³/mol. The summed E-state index contributed by atoms with van der Waals surface area (Å²) >= 11 is 3.28. The lowest BCUT2D eigenvalue weighted by atomic mass is 10.4. The van der Waals surface area contributed by atoms with E-state index >= 15 is 0 Å². The molecule has 0 saturated carbocycles. The third kappa shape index (κ3) is 3.08. The van der Waals surface area contributed by atoms with Gasteiger partial charge in [-0.15, -0.1) is 0 Å². The van der Waals surface area contributed by atoms with Crippen molar-refractivity contribution in [3.8, 4) is 0 Å². The van der Waals surface area contributed by atoms with Crippen LogP contribution in [-0.2, 0) is 16.6 Å². The van der Waals surface area contributed by atoms with E-state index in [2.05, 4.69) is 15.9 Å². The summed E-state index contributed by atoms with van der Waals surface area (Å²) in [4.78, 5) is 0.267. The molecule has 0 amide bonds. The van der Waals surface area contributed by atoms with Crippen LogP contribution in [0.25, 0.3) is 0 Å². The normalized spacial score (nSPS) is 11.9. The molecule has 1 heterocycles. The molecule has 6 heteroatoms. The summed E-state index contributed by atoms with van der Waals surface area (Å²) in [6.45, 7) is 2.41. The van der Waals surface area contributed by atoms with Crippen LogP contribution in [-0.4, -0.2) is 19.3 Å². The van der Waals surface area contributed by atoms with Gasteiger partial charge in [-0.3, -0.25) is 0 Å². The standard InChI is InChI=1S/C13H14BrNO3S/c1-2-15(10-11-6-5-9-18-11)19(16,17)13-8-4-3-7-12(13)14/h3-9H,2,10H2,1H3. The highest BCUT2D eigenvalue weighted by Crippen LogP contribution is 2.25. The molecular weight excluding hydrogens is 330 g/mol. The van der Waals surface area contributed by atoms with Gasteiger partial charge in [-0.1, -0.05) is 19.1 Å². The summed E-state index contributed by atoms with van der Waals surface area (Å²) in [7, 11) is -3.53. The fraction of sp³-hybridized carbons (Fsp3) is 0.231. The molecule has 0 atom stereocenters. The summed E-state index contributed by atoms with van der Waals surface area (Å²) in [5.74, 6) is 0.623. The molecule has 0 N–H and O–H groups in total. The van der Waals surface area contributed by atoms with Crippen LogP contribution < -0.4 is 0 Å². The largest absolute Gasteiger partial charge is 0.468 e. The van der Waals surface area contributed by atoms with Gasteiger partial charge in [0, 0.05) is 11.0 Å². The second kappa shape index (κ2) is 5.90. The lowest BCUT2D eigenvalue weighted by Gasteiger charge is -2.20. The molecule has 0 bridgehead atoms. The van der Waals surface area contributed by atoms with Crippen LogP contribution in [0.3, 0.4) is 0 Å². The summed E-state index contributed by atoms with van der Waals surface area (Å²) in [5, 5.41) is 0. The van der Waals surface area contributed by atoms with E-state index in [0.29, 0.717) is 16.8 Å². The number of benzene rings is 1. The van der Waals surface area contributed by atoms with Gasteiger partial charge < -0.3 is 4.42 Å². The number of furan rings is 1. The zero-order chi connectivity index (χ0) is 13.9. The number of rotatable bonds is 5. The van der Waals surface area contributed by atoms with Gasteiger partial charge in [0.15, 0.2) is 0 Å². The first-order valence-electron chi connectivity index (χ1n) is 5.82. The van der Waals surface area contributed by atoms with E-state index in [0.717, 1.165) is 0 Å². The third-order valence-corrected chi connectivity index (χ3v) is 5.65. The van der Waals surface area contributed by atoms with Crippen LogP contribution in [0.1, 0.15) is 12.7 Å². The van der Waals surface area contributed by atoms with E-state index in [-0.39, 0.29) is 11.4 Å². The third-order valence-electron chi connectivity index (χ3n) is 2.72. The molecule has 1 aromatic carbocycles. The highest BCUT2D eigenvalue weighted by molar-refractivity contribution is 9.10. The van der Waals surface area contributed by atoms with Gasteiger partial charge >= 0.3 is 0 Å². The van der Waals surface area contributed by atoms with Gasteiger partial charge in [0.1, 0.15) is 5.76 Å². The molecule has 2 aromatic rings. The summed E-state index contributed by atoms with van der Waals surface area (Å²) in [6.07, 6.45) is 1.54. The number of hydrogen-bond donors (Lipinski definition) is 0. The zero-order valence-electron chi connectivity index (χ0n) is 10.4. The monoisotopic (exact) mass is 343 g/mol. The van der Waals surface area contributed by atoms with E-state index < -0.39 is 10.0 Å². The van der Waals surface area contributed by atoms with Crippen LogP contribution in [0, 0.1) is 0 Å². The van der Waals surface area contributed by atoms with Crippen molar-refractivity contribution in [1.82, 2.24) is 4.31 Å². The Kier molecular flexibility index (Phi) is 4.44. The second-order valence-corrected chi connectivity index (χ2v) is 6.70. The molecule has 0 radical (unpaired) electrons. The minimum atomic E-state index is -3.53. The van der Waals surface area contributed by atoms with Crippen molar-refractivity contribution >= 4 is 26.0 Å². The fourth-order valence-corrected chi connectivity index (χ4v) is 4.11. The van der Waals surface area contributed by atoms with Crippen molar-refractivity contribution in [2.24, 2.45) is 0 Å². The first-order valence-corrected chi connectivity index (χ1v) is 8.06. The number of hydrogen-bond acceptors (Lipinski definition) is 3. The summed E-state index contributed by atoms with van der Waals surface area (Å²) < 4.78 is 32.3. The Hall–Kier alpha value is -1.11. The van der Waals surface area contributed by atoms with Crippen molar-refractivity contribution in [2.45, 2.75) is 18.4 Å².